The first kappa shape index (κ1) is 19.3. The summed E-state index contributed by atoms with van der Waals surface area (Å²) < 4.78 is 1.98. The number of hydrogen-bond donors (Lipinski definition) is 1. The molecule has 0 spiro atoms. The Morgan fingerprint density at radius 1 is 1.30 bits per heavy atom. The number of rotatable bonds is 4. The molecule has 5 rings (SSSR count). The van der Waals surface area contributed by atoms with E-state index in [0.29, 0.717) is 18.8 Å². The van der Waals surface area contributed by atoms with Crippen LogP contribution in [0.1, 0.15) is 34.6 Å². The van der Waals surface area contributed by atoms with E-state index in [0.717, 1.165) is 29.9 Å². The minimum atomic E-state index is -0.0194. The minimum absolute atomic E-state index is 0.0194. The number of thiophene rings is 1. The van der Waals surface area contributed by atoms with Gasteiger partial charge in [0.25, 0.3) is 11.5 Å². The van der Waals surface area contributed by atoms with Crippen LogP contribution < -0.4 is 5.56 Å². The van der Waals surface area contributed by atoms with Crippen LogP contribution >= 0.6 is 11.3 Å². The molecular weight excluding hydrogens is 398 g/mol. The number of pyridine rings is 1. The van der Waals surface area contributed by atoms with Crippen molar-refractivity contribution >= 4 is 17.2 Å². The predicted octanol–water partition coefficient (Wildman–Crippen LogP) is 2.66. The number of carbonyl (C=O) groups excluding carboxylic acids is 1. The molecule has 0 radical (unpaired) electrons. The van der Waals surface area contributed by atoms with Crippen molar-refractivity contribution in [1.29, 1.82) is 0 Å². The number of aromatic nitrogens is 3. The van der Waals surface area contributed by atoms with Gasteiger partial charge in [-0.05, 0) is 50.0 Å². The van der Waals surface area contributed by atoms with Crippen molar-refractivity contribution in [3.05, 3.63) is 62.8 Å². The number of piperidine rings is 1. The van der Waals surface area contributed by atoms with Crippen molar-refractivity contribution in [2.75, 3.05) is 33.7 Å². The molecule has 0 saturated carbocycles. The first-order valence-corrected chi connectivity index (χ1v) is 11.2. The summed E-state index contributed by atoms with van der Waals surface area (Å²) >= 11 is 1.61. The van der Waals surface area contributed by atoms with Crippen LogP contribution in [0.15, 0.2) is 45.9 Å². The molecule has 5 heterocycles. The molecule has 8 heteroatoms. The first-order valence-electron chi connectivity index (χ1n) is 10.2. The van der Waals surface area contributed by atoms with Crippen molar-refractivity contribution in [1.82, 2.24) is 24.6 Å². The maximum atomic E-state index is 13.3. The van der Waals surface area contributed by atoms with Gasteiger partial charge in [-0.1, -0.05) is 6.07 Å². The van der Waals surface area contributed by atoms with Gasteiger partial charge in [0, 0.05) is 48.3 Å². The Labute approximate surface area is 178 Å². The predicted molar refractivity (Wildman–Crippen MR) is 117 cm³/mol. The van der Waals surface area contributed by atoms with E-state index in [4.69, 9.17) is 0 Å². The van der Waals surface area contributed by atoms with Crippen LogP contribution in [0, 0.1) is 5.92 Å². The Balaban J connectivity index is 1.45. The Hall–Kier alpha value is -2.71. The third-order valence-corrected chi connectivity index (χ3v) is 6.95. The van der Waals surface area contributed by atoms with Gasteiger partial charge in [0.05, 0.1) is 11.7 Å². The van der Waals surface area contributed by atoms with E-state index < -0.39 is 0 Å². The van der Waals surface area contributed by atoms with E-state index in [-0.39, 0.29) is 29.3 Å². The Morgan fingerprint density at radius 3 is 2.93 bits per heavy atom. The second kappa shape index (κ2) is 7.52. The topological polar surface area (TPSA) is 74.2 Å². The largest absolute Gasteiger partial charge is 0.336 e. The third-order valence-electron chi connectivity index (χ3n) is 6.26. The lowest BCUT2D eigenvalue weighted by atomic mass is 9.78. The normalized spacial score (nSPS) is 22.9. The molecule has 1 amide bonds. The second-order valence-corrected chi connectivity index (χ2v) is 9.35. The summed E-state index contributed by atoms with van der Waals surface area (Å²) in [5.74, 6) is 0.412. The summed E-state index contributed by atoms with van der Waals surface area (Å²) in [6, 6.07) is 9.44. The van der Waals surface area contributed by atoms with Gasteiger partial charge < -0.3 is 14.4 Å². The molecule has 3 aromatic heterocycles. The highest BCUT2D eigenvalue weighted by Crippen LogP contribution is 2.41. The molecule has 3 atom stereocenters. The van der Waals surface area contributed by atoms with E-state index >= 15 is 0 Å². The Bertz CT molecular complexity index is 1120. The molecule has 7 nitrogen and oxygen atoms in total. The Morgan fingerprint density at radius 2 is 2.17 bits per heavy atom. The lowest BCUT2D eigenvalue weighted by Gasteiger charge is -2.47. The van der Waals surface area contributed by atoms with Crippen LogP contribution in [-0.2, 0) is 0 Å². The van der Waals surface area contributed by atoms with E-state index in [1.165, 1.54) is 0 Å². The SMILES string of the molecule is CN(C)C[C@H]1[C@H]2C[C@H](CN(C(=O)c3cc(-c4ccsc4)n[nH]3)C2)c2cccc(=O)n21. The van der Waals surface area contributed by atoms with Crippen molar-refractivity contribution in [2.24, 2.45) is 5.92 Å². The number of fused-ring (bicyclic) bond motifs is 4. The van der Waals surface area contributed by atoms with Gasteiger partial charge in [-0.15, -0.1) is 0 Å². The molecule has 0 aliphatic carbocycles. The molecule has 1 fully saturated rings. The van der Waals surface area contributed by atoms with Gasteiger partial charge in [0.1, 0.15) is 5.69 Å². The van der Waals surface area contributed by atoms with Gasteiger partial charge in [0.2, 0.25) is 0 Å². The van der Waals surface area contributed by atoms with E-state index in [9.17, 15) is 9.59 Å². The monoisotopic (exact) mass is 423 g/mol. The number of hydrogen-bond acceptors (Lipinski definition) is 5. The van der Waals surface area contributed by atoms with Crippen LogP contribution in [0.5, 0.6) is 0 Å². The molecule has 1 saturated heterocycles. The molecule has 0 aromatic carbocycles. The zero-order chi connectivity index (χ0) is 20.8. The lowest BCUT2D eigenvalue weighted by Crippen LogP contribution is -2.52. The summed E-state index contributed by atoms with van der Waals surface area (Å²) in [6.45, 7) is 2.06. The van der Waals surface area contributed by atoms with Crippen LogP contribution in [0.25, 0.3) is 11.3 Å². The van der Waals surface area contributed by atoms with Gasteiger partial charge in [0.15, 0.2) is 0 Å². The molecule has 156 valence electrons. The molecule has 0 unspecified atom stereocenters. The van der Waals surface area contributed by atoms with Gasteiger partial charge in [-0.2, -0.15) is 16.4 Å². The van der Waals surface area contributed by atoms with E-state index in [2.05, 4.69) is 15.1 Å². The fourth-order valence-corrected chi connectivity index (χ4v) is 5.63. The average molecular weight is 424 g/mol. The molecule has 2 aliphatic heterocycles. The number of carbonyl (C=O) groups is 1. The third kappa shape index (κ3) is 3.30. The quantitative estimate of drug-likeness (QED) is 0.700. The van der Waals surface area contributed by atoms with Crippen LogP contribution in [0.3, 0.4) is 0 Å². The van der Waals surface area contributed by atoms with E-state index in [1.54, 1.807) is 17.4 Å². The van der Waals surface area contributed by atoms with Crippen LogP contribution in [-0.4, -0.2) is 64.2 Å². The molecule has 3 aromatic rings. The number of nitrogens with one attached hydrogen (secondary N) is 1. The number of likely N-dealkylation sites (tertiary alicyclic amines) is 1. The maximum Gasteiger partial charge on any atom is 0.271 e. The number of likely N-dealkylation sites (N-methyl/N-ethyl adjacent to an activating group) is 1. The molecular formula is C22H25N5O2S. The second-order valence-electron chi connectivity index (χ2n) is 8.57. The van der Waals surface area contributed by atoms with Crippen LogP contribution in [0.2, 0.25) is 0 Å². The zero-order valence-electron chi connectivity index (χ0n) is 17.1. The number of H-pyrrole nitrogens is 1. The molecule has 1 N–H and O–H groups in total. The summed E-state index contributed by atoms with van der Waals surface area (Å²) in [7, 11) is 4.06. The maximum absolute atomic E-state index is 13.3. The van der Waals surface area contributed by atoms with Crippen molar-refractivity contribution < 1.29 is 4.79 Å². The van der Waals surface area contributed by atoms with Crippen LogP contribution in [0.4, 0.5) is 0 Å². The summed E-state index contributed by atoms with van der Waals surface area (Å²) in [5.41, 5.74) is 3.43. The van der Waals surface area contributed by atoms with Gasteiger partial charge >= 0.3 is 0 Å². The highest BCUT2D eigenvalue weighted by molar-refractivity contribution is 7.08. The lowest BCUT2D eigenvalue weighted by molar-refractivity contribution is 0.0493. The van der Waals surface area contributed by atoms with Gasteiger partial charge in [-0.25, -0.2) is 0 Å². The van der Waals surface area contributed by atoms with Crippen molar-refractivity contribution in [3.63, 3.8) is 0 Å². The summed E-state index contributed by atoms with van der Waals surface area (Å²) in [4.78, 5) is 30.1. The smallest absolute Gasteiger partial charge is 0.271 e. The average Bonchev–Trinajstić information content (AvgIpc) is 3.42. The first-order chi connectivity index (χ1) is 14.5. The fraction of sp³-hybridized carbons (Fsp3) is 0.409. The summed E-state index contributed by atoms with van der Waals surface area (Å²) in [6.07, 6.45) is 1.01. The van der Waals surface area contributed by atoms with E-state index in [1.807, 2.05) is 58.6 Å². The molecule has 2 aliphatic rings. The number of nitrogens with zero attached hydrogens (tertiary/aromatic N) is 4. The van der Waals surface area contributed by atoms with Crippen molar-refractivity contribution in [2.45, 2.75) is 18.4 Å². The highest BCUT2D eigenvalue weighted by atomic mass is 32.1. The number of amides is 1. The molecule has 30 heavy (non-hydrogen) atoms. The fourth-order valence-electron chi connectivity index (χ4n) is 4.98. The Kier molecular flexibility index (Phi) is 4.83. The zero-order valence-corrected chi connectivity index (χ0v) is 17.9. The standard InChI is InChI=1S/C22H25N5O2S/c1-25(2)12-20-16-8-15(19-4-3-5-21(28)27(19)20)10-26(11-16)22(29)18-9-17(23-24-18)14-6-7-30-13-14/h3-7,9,13,15-16,20H,8,10-12H2,1-2H3,(H,23,24)/t15-,16+,20+/m1/s1. The van der Waals surface area contributed by atoms with Gasteiger partial charge in [-0.3, -0.25) is 14.7 Å². The highest BCUT2D eigenvalue weighted by Gasteiger charge is 2.42. The minimum Gasteiger partial charge on any atom is -0.336 e. The van der Waals surface area contributed by atoms with Crippen molar-refractivity contribution in [3.8, 4) is 11.3 Å². The summed E-state index contributed by atoms with van der Waals surface area (Å²) in [5, 5.41) is 11.3. The molecule has 2 bridgehead atoms. The number of aromatic amines is 1.